The van der Waals surface area contributed by atoms with Crippen LogP contribution in [-0.4, -0.2) is 34.6 Å². The largest absolute Gasteiger partial charge is 0.457 e. The molecule has 0 aromatic heterocycles. The number of thioether (sulfide) groups is 1. The maximum Gasteiger partial charge on any atom is 0.441 e. The van der Waals surface area contributed by atoms with E-state index in [1.807, 2.05) is 18.2 Å². The molecular formula is C16H20N2O3S. The Labute approximate surface area is 134 Å². The molecule has 1 rings (SSSR count). The summed E-state index contributed by atoms with van der Waals surface area (Å²) in [6, 6.07) is 10.2. The van der Waals surface area contributed by atoms with E-state index in [1.165, 1.54) is 5.56 Å². The third-order valence-electron chi connectivity index (χ3n) is 2.89. The van der Waals surface area contributed by atoms with Gasteiger partial charge in [-0.3, -0.25) is 4.79 Å². The lowest BCUT2D eigenvalue weighted by molar-refractivity contribution is -0.141. The van der Waals surface area contributed by atoms with Crippen molar-refractivity contribution in [1.82, 2.24) is 0 Å². The van der Waals surface area contributed by atoms with Crippen LogP contribution in [0.2, 0.25) is 0 Å². The zero-order valence-corrected chi connectivity index (χ0v) is 13.5. The van der Waals surface area contributed by atoms with Gasteiger partial charge in [0, 0.05) is 12.2 Å². The van der Waals surface area contributed by atoms with E-state index in [1.54, 1.807) is 18.7 Å². The second-order valence-corrected chi connectivity index (χ2v) is 5.69. The third-order valence-corrected chi connectivity index (χ3v) is 4.00. The van der Waals surface area contributed by atoms with Gasteiger partial charge < -0.3 is 10.3 Å². The molecule has 0 heterocycles. The molecule has 22 heavy (non-hydrogen) atoms. The van der Waals surface area contributed by atoms with E-state index in [0.29, 0.717) is 6.42 Å². The number of benzene rings is 1. The highest BCUT2D eigenvalue weighted by atomic mass is 32.2. The van der Waals surface area contributed by atoms with Crippen molar-refractivity contribution in [3.05, 3.63) is 41.4 Å². The summed E-state index contributed by atoms with van der Waals surface area (Å²) in [7, 11) is 0. The minimum absolute atomic E-state index is 0.140. The van der Waals surface area contributed by atoms with Crippen molar-refractivity contribution in [2.45, 2.75) is 31.9 Å². The summed E-state index contributed by atoms with van der Waals surface area (Å²) < 4.78 is 4.66. The Morgan fingerprint density at radius 3 is 2.59 bits per heavy atom. The molecule has 0 saturated carbocycles. The average Bonchev–Trinajstić information content (AvgIpc) is 2.52. The first kappa shape index (κ1) is 18.1. The highest BCUT2D eigenvalue weighted by Gasteiger charge is 2.29. The van der Waals surface area contributed by atoms with Crippen molar-refractivity contribution in [3.8, 4) is 0 Å². The molecule has 5 nitrogen and oxygen atoms in total. The van der Waals surface area contributed by atoms with Crippen LogP contribution < -0.4 is 0 Å². The molecular weight excluding hydrogens is 300 g/mol. The number of hydrogen-bond acceptors (Lipinski definition) is 4. The monoisotopic (exact) mass is 320 g/mol. The van der Waals surface area contributed by atoms with Crippen molar-refractivity contribution in [1.29, 1.82) is 0 Å². The smallest absolute Gasteiger partial charge is 0.441 e. The number of nitrogens with zero attached hydrogens (tertiary/aromatic N) is 2. The predicted octanol–water partition coefficient (Wildman–Crippen LogP) is 2.89. The molecule has 0 aliphatic rings. The summed E-state index contributed by atoms with van der Waals surface area (Å²) in [6.07, 6.45) is 1.70. The Hall–Kier alpha value is -1.91. The second kappa shape index (κ2) is 10.8. The van der Waals surface area contributed by atoms with Gasteiger partial charge in [0.2, 0.25) is 0 Å². The van der Waals surface area contributed by atoms with Gasteiger partial charge in [0.25, 0.3) is 5.78 Å². The molecule has 0 aliphatic heterocycles. The Balaban J connectivity index is 2.19. The molecule has 1 aromatic rings. The number of carbonyl (C=O) groups is 2. The van der Waals surface area contributed by atoms with Crippen LogP contribution in [0.3, 0.4) is 0 Å². The zero-order chi connectivity index (χ0) is 16.2. The normalized spacial score (nSPS) is 9.86. The maximum atomic E-state index is 11.7. The van der Waals surface area contributed by atoms with Crippen molar-refractivity contribution in [2.24, 2.45) is 0 Å². The van der Waals surface area contributed by atoms with Gasteiger partial charge in [-0.2, -0.15) is 16.6 Å². The molecule has 0 spiro atoms. The standard InChI is InChI=1S/C16H20N2O3S/c1-2-21-16(20)15(18-17)14(19)10-6-7-11-22-12-13-8-4-3-5-9-13/h3-5,8-9H,2,6-7,10-12H2,1H3. The van der Waals surface area contributed by atoms with Crippen LogP contribution in [0, 0.1) is 0 Å². The summed E-state index contributed by atoms with van der Waals surface area (Å²) in [5, 5.41) is 0. The average molecular weight is 320 g/mol. The summed E-state index contributed by atoms with van der Waals surface area (Å²) in [5.74, 6) is 0.538. The Kier molecular flexibility index (Phi) is 8.88. The van der Waals surface area contributed by atoms with Crippen LogP contribution in [0.1, 0.15) is 31.7 Å². The first-order chi connectivity index (χ1) is 10.7. The van der Waals surface area contributed by atoms with Crippen LogP contribution in [0.25, 0.3) is 5.53 Å². The molecule has 0 aliphatic carbocycles. The third kappa shape index (κ3) is 6.70. The molecule has 0 N–H and O–H groups in total. The predicted molar refractivity (Wildman–Crippen MR) is 86.7 cm³/mol. The first-order valence-electron chi connectivity index (χ1n) is 7.23. The maximum absolute atomic E-state index is 11.7. The molecule has 0 bridgehead atoms. The van der Waals surface area contributed by atoms with Crippen molar-refractivity contribution < 1.29 is 19.1 Å². The van der Waals surface area contributed by atoms with Gasteiger partial charge in [-0.05, 0) is 31.1 Å². The van der Waals surface area contributed by atoms with E-state index in [2.05, 4.69) is 21.7 Å². The van der Waals surface area contributed by atoms with Crippen molar-refractivity contribution in [3.63, 3.8) is 0 Å². The number of hydrogen-bond donors (Lipinski definition) is 0. The highest BCUT2D eigenvalue weighted by molar-refractivity contribution is 7.98. The van der Waals surface area contributed by atoms with E-state index < -0.39 is 17.5 Å². The molecule has 0 fully saturated rings. The number of carbonyl (C=O) groups excluding carboxylic acids is 2. The van der Waals surface area contributed by atoms with Crippen LogP contribution in [0.15, 0.2) is 30.3 Å². The molecule has 0 unspecified atom stereocenters. The number of unbranched alkanes of at least 4 members (excludes halogenated alkanes) is 1. The summed E-state index contributed by atoms with van der Waals surface area (Å²) in [4.78, 5) is 25.9. The molecule has 0 radical (unpaired) electrons. The van der Waals surface area contributed by atoms with E-state index in [4.69, 9.17) is 5.53 Å². The lowest BCUT2D eigenvalue weighted by Crippen LogP contribution is -2.27. The zero-order valence-electron chi connectivity index (χ0n) is 12.7. The number of ether oxygens (including phenoxy) is 1. The van der Waals surface area contributed by atoms with E-state index in [9.17, 15) is 9.59 Å². The fourth-order valence-electron chi connectivity index (χ4n) is 1.78. The Morgan fingerprint density at radius 2 is 1.95 bits per heavy atom. The first-order valence-corrected chi connectivity index (χ1v) is 8.38. The van der Waals surface area contributed by atoms with Crippen LogP contribution in [0.5, 0.6) is 0 Å². The van der Waals surface area contributed by atoms with Gasteiger partial charge in [0.15, 0.2) is 0 Å². The lowest BCUT2D eigenvalue weighted by atomic mass is 10.1. The molecule has 0 amide bonds. The van der Waals surface area contributed by atoms with Crippen molar-refractivity contribution in [2.75, 3.05) is 12.4 Å². The molecule has 1 aromatic carbocycles. The van der Waals surface area contributed by atoms with Gasteiger partial charge in [0.1, 0.15) is 0 Å². The van der Waals surface area contributed by atoms with E-state index in [0.717, 1.165) is 17.9 Å². The van der Waals surface area contributed by atoms with Gasteiger partial charge >= 0.3 is 11.7 Å². The van der Waals surface area contributed by atoms with Crippen LogP contribution in [-0.2, 0) is 20.1 Å². The van der Waals surface area contributed by atoms with Gasteiger partial charge in [-0.15, -0.1) is 0 Å². The summed E-state index contributed by atoms with van der Waals surface area (Å²) in [5.41, 5.74) is 9.49. The number of Topliss-reactive ketones (excluding diaryl/α,β-unsaturated/α-hetero) is 1. The minimum atomic E-state index is -0.867. The highest BCUT2D eigenvalue weighted by Crippen LogP contribution is 2.14. The van der Waals surface area contributed by atoms with Crippen LogP contribution in [0.4, 0.5) is 0 Å². The van der Waals surface area contributed by atoms with E-state index >= 15 is 0 Å². The van der Waals surface area contributed by atoms with Crippen LogP contribution >= 0.6 is 11.8 Å². The summed E-state index contributed by atoms with van der Waals surface area (Å²) in [6.45, 7) is 1.77. The van der Waals surface area contributed by atoms with Gasteiger partial charge in [0.05, 0.1) is 6.61 Å². The molecule has 6 heteroatoms. The SMILES string of the molecule is CCOC(=O)C(=[N+]=[N-])C(=O)CCCCSCc1ccccc1. The lowest BCUT2D eigenvalue weighted by Gasteiger charge is -2.01. The van der Waals surface area contributed by atoms with Gasteiger partial charge in [-0.25, -0.2) is 4.79 Å². The molecule has 0 atom stereocenters. The quantitative estimate of drug-likeness (QED) is 0.166. The fraction of sp³-hybridized carbons (Fsp3) is 0.438. The Morgan fingerprint density at radius 1 is 1.23 bits per heavy atom. The second-order valence-electron chi connectivity index (χ2n) is 4.59. The van der Waals surface area contributed by atoms with Gasteiger partial charge in [-0.1, -0.05) is 30.3 Å². The van der Waals surface area contributed by atoms with Crippen molar-refractivity contribution >= 4 is 29.2 Å². The summed E-state index contributed by atoms with van der Waals surface area (Å²) >= 11 is 1.80. The topological polar surface area (TPSA) is 79.8 Å². The molecule has 0 saturated heterocycles. The molecule has 118 valence electrons. The number of ketones is 1. The number of rotatable bonds is 10. The fourth-order valence-corrected chi connectivity index (χ4v) is 2.76. The number of esters is 1. The van der Waals surface area contributed by atoms with E-state index in [-0.39, 0.29) is 13.0 Å². The Bertz CT molecular complexity index is 540. The minimum Gasteiger partial charge on any atom is -0.457 e.